The summed E-state index contributed by atoms with van der Waals surface area (Å²) in [6.45, 7) is 3.47. The van der Waals surface area contributed by atoms with Crippen molar-refractivity contribution in [3.63, 3.8) is 0 Å². The molecule has 30 heavy (non-hydrogen) atoms. The number of aryl methyl sites for hydroxylation is 2. The van der Waals surface area contributed by atoms with Crippen molar-refractivity contribution in [1.82, 2.24) is 9.47 Å². The van der Waals surface area contributed by atoms with E-state index in [0.717, 1.165) is 12.5 Å². The molecule has 0 N–H and O–H groups in total. The largest absolute Gasteiger partial charge is 0.343 e. The Balaban J connectivity index is 1.41. The molecule has 2 nitrogen and oxygen atoms in total. The van der Waals surface area contributed by atoms with Gasteiger partial charge in [-0.3, -0.25) is 4.90 Å². The van der Waals surface area contributed by atoms with Crippen LogP contribution in [0.4, 0.5) is 0 Å². The molecule has 0 radical (unpaired) electrons. The first kappa shape index (κ1) is 18.7. The van der Waals surface area contributed by atoms with Crippen molar-refractivity contribution in [2.75, 3.05) is 6.54 Å². The minimum atomic E-state index is 0.585. The standard InChI is InChI=1S/C28H34N2/c1-3-9-21(10-4-1)20-29-17-8-18-30-26-16-15-23(22-11-5-2-6-12-22)19-25(26)24-13-7-14-27(29)28(24)30/h1,3-4,9-10,15-16,19,22,27H,2,5-8,11-14,17-18,20H2/t27-/m1/s1. The third kappa shape index (κ3) is 3.21. The molecule has 1 aliphatic heterocycles. The van der Waals surface area contributed by atoms with E-state index in [1.165, 1.54) is 82.0 Å². The molecule has 0 amide bonds. The van der Waals surface area contributed by atoms with Crippen LogP contribution >= 0.6 is 0 Å². The topological polar surface area (TPSA) is 8.17 Å². The van der Waals surface area contributed by atoms with Crippen LogP contribution in [0.25, 0.3) is 10.9 Å². The maximum absolute atomic E-state index is 2.78. The second-order valence-corrected chi connectivity index (χ2v) is 9.84. The average molecular weight is 399 g/mol. The summed E-state index contributed by atoms with van der Waals surface area (Å²) in [6.07, 6.45) is 12.2. The Hall–Kier alpha value is -2.06. The molecule has 2 aromatic carbocycles. The van der Waals surface area contributed by atoms with Crippen LogP contribution < -0.4 is 0 Å². The van der Waals surface area contributed by atoms with E-state index in [0.29, 0.717) is 6.04 Å². The van der Waals surface area contributed by atoms with Crippen molar-refractivity contribution in [1.29, 1.82) is 0 Å². The van der Waals surface area contributed by atoms with Gasteiger partial charge in [0.05, 0.1) is 6.04 Å². The smallest absolute Gasteiger partial charge is 0.0507 e. The van der Waals surface area contributed by atoms with Crippen molar-refractivity contribution in [2.24, 2.45) is 0 Å². The normalized spacial score (nSPS) is 22.7. The monoisotopic (exact) mass is 398 g/mol. The summed E-state index contributed by atoms with van der Waals surface area (Å²) in [5.74, 6) is 0.795. The minimum absolute atomic E-state index is 0.585. The average Bonchev–Trinajstić information content (AvgIpc) is 3.01. The van der Waals surface area contributed by atoms with Crippen LogP contribution in [-0.2, 0) is 19.5 Å². The predicted molar refractivity (Wildman–Crippen MR) is 125 cm³/mol. The van der Waals surface area contributed by atoms with Crippen LogP contribution in [0, 0.1) is 0 Å². The second-order valence-electron chi connectivity index (χ2n) is 9.84. The Labute approximate surface area is 180 Å². The predicted octanol–water partition coefficient (Wildman–Crippen LogP) is 6.97. The lowest BCUT2D eigenvalue weighted by atomic mass is 9.83. The second kappa shape index (κ2) is 7.89. The summed E-state index contributed by atoms with van der Waals surface area (Å²) in [5.41, 5.74) is 7.91. The number of fused-ring (bicyclic) bond motifs is 3. The van der Waals surface area contributed by atoms with Gasteiger partial charge in [-0.1, -0.05) is 55.7 Å². The highest BCUT2D eigenvalue weighted by Crippen LogP contribution is 2.44. The van der Waals surface area contributed by atoms with Crippen LogP contribution in [-0.4, -0.2) is 16.0 Å². The van der Waals surface area contributed by atoms with E-state index < -0.39 is 0 Å². The lowest BCUT2D eigenvalue weighted by molar-refractivity contribution is 0.173. The third-order valence-electron chi connectivity index (χ3n) is 8.03. The summed E-state index contributed by atoms with van der Waals surface area (Å²) in [6, 6.07) is 19.2. The van der Waals surface area contributed by atoms with E-state index in [1.54, 1.807) is 22.2 Å². The highest BCUT2D eigenvalue weighted by atomic mass is 15.2. The van der Waals surface area contributed by atoms with E-state index in [1.807, 2.05) is 0 Å². The van der Waals surface area contributed by atoms with Gasteiger partial charge in [-0.15, -0.1) is 0 Å². The Morgan fingerprint density at radius 3 is 2.53 bits per heavy atom. The van der Waals surface area contributed by atoms with Gasteiger partial charge in [0.25, 0.3) is 0 Å². The lowest BCUT2D eigenvalue weighted by Crippen LogP contribution is -2.30. The number of hydrogen-bond acceptors (Lipinski definition) is 1. The Bertz CT molecular complexity index is 1030. The number of nitrogens with zero attached hydrogens (tertiary/aromatic N) is 2. The maximum Gasteiger partial charge on any atom is 0.0507 e. The van der Waals surface area contributed by atoms with Crippen molar-refractivity contribution >= 4 is 10.9 Å². The van der Waals surface area contributed by atoms with Crippen LogP contribution in [0.5, 0.6) is 0 Å². The quantitative estimate of drug-likeness (QED) is 0.462. The summed E-state index contributed by atoms with van der Waals surface area (Å²) >= 11 is 0. The highest BCUT2D eigenvalue weighted by Gasteiger charge is 2.33. The van der Waals surface area contributed by atoms with Gasteiger partial charge in [-0.25, -0.2) is 0 Å². The van der Waals surface area contributed by atoms with E-state index in [-0.39, 0.29) is 0 Å². The fourth-order valence-corrected chi connectivity index (χ4v) is 6.60. The highest BCUT2D eigenvalue weighted by molar-refractivity contribution is 5.87. The Kier molecular flexibility index (Phi) is 4.91. The van der Waals surface area contributed by atoms with Crippen molar-refractivity contribution < 1.29 is 0 Å². The zero-order chi connectivity index (χ0) is 19.9. The number of benzene rings is 2. The minimum Gasteiger partial charge on any atom is -0.343 e. The summed E-state index contributed by atoms with van der Waals surface area (Å²) in [4.78, 5) is 2.78. The third-order valence-corrected chi connectivity index (χ3v) is 8.03. The molecule has 6 rings (SSSR count). The maximum atomic E-state index is 2.78. The van der Waals surface area contributed by atoms with Crippen LogP contribution in [0.1, 0.15) is 85.7 Å². The summed E-state index contributed by atoms with van der Waals surface area (Å²) in [5, 5.41) is 1.58. The van der Waals surface area contributed by atoms with Gasteiger partial charge in [0, 0.05) is 36.2 Å². The van der Waals surface area contributed by atoms with E-state index in [4.69, 9.17) is 0 Å². The Morgan fingerprint density at radius 2 is 1.67 bits per heavy atom. The van der Waals surface area contributed by atoms with Gasteiger partial charge in [-0.2, -0.15) is 0 Å². The van der Waals surface area contributed by atoms with Gasteiger partial charge < -0.3 is 4.57 Å². The summed E-state index contributed by atoms with van der Waals surface area (Å²) in [7, 11) is 0. The van der Waals surface area contributed by atoms with E-state index in [2.05, 4.69) is 58.0 Å². The first-order valence-electron chi connectivity index (χ1n) is 12.3. The van der Waals surface area contributed by atoms with E-state index >= 15 is 0 Å². The molecule has 0 unspecified atom stereocenters. The van der Waals surface area contributed by atoms with Gasteiger partial charge in [0.15, 0.2) is 0 Å². The molecule has 1 atom stereocenters. The number of aromatic nitrogens is 1. The van der Waals surface area contributed by atoms with E-state index in [9.17, 15) is 0 Å². The van der Waals surface area contributed by atoms with Crippen molar-refractivity contribution in [2.45, 2.75) is 82.8 Å². The molecule has 156 valence electrons. The molecule has 1 saturated carbocycles. The SMILES string of the molecule is c1ccc(CN2CCCn3c4c(c5cc(C6CCCCC6)ccc53)CCC[C@H]42)cc1. The van der Waals surface area contributed by atoms with Gasteiger partial charge in [0.1, 0.15) is 0 Å². The van der Waals surface area contributed by atoms with Crippen molar-refractivity contribution in [3.8, 4) is 0 Å². The molecular weight excluding hydrogens is 364 g/mol. The zero-order valence-electron chi connectivity index (χ0n) is 18.2. The van der Waals surface area contributed by atoms with Crippen molar-refractivity contribution in [3.05, 3.63) is 70.9 Å². The molecule has 0 saturated heterocycles. The van der Waals surface area contributed by atoms with Crippen LogP contribution in [0.2, 0.25) is 0 Å². The van der Waals surface area contributed by atoms with Gasteiger partial charge in [0.2, 0.25) is 0 Å². The molecule has 1 fully saturated rings. The van der Waals surface area contributed by atoms with Crippen LogP contribution in [0.15, 0.2) is 48.5 Å². The molecule has 2 heterocycles. The lowest BCUT2D eigenvalue weighted by Gasteiger charge is -2.33. The van der Waals surface area contributed by atoms with Gasteiger partial charge in [-0.05, 0) is 73.3 Å². The molecule has 0 bridgehead atoms. The molecule has 0 spiro atoms. The fraction of sp³-hybridized carbons (Fsp3) is 0.500. The molecule has 3 aliphatic rings. The molecule has 2 aliphatic carbocycles. The molecular formula is C28H34N2. The Morgan fingerprint density at radius 1 is 0.800 bits per heavy atom. The zero-order valence-corrected chi connectivity index (χ0v) is 18.2. The number of rotatable bonds is 3. The molecule has 1 aromatic heterocycles. The number of hydrogen-bond donors (Lipinski definition) is 0. The van der Waals surface area contributed by atoms with Gasteiger partial charge >= 0.3 is 0 Å². The molecule has 2 heteroatoms. The fourth-order valence-electron chi connectivity index (χ4n) is 6.60. The first-order valence-corrected chi connectivity index (χ1v) is 12.3. The summed E-state index contributed by atoms with van der Waals surface area (Å²) < 4.78 is 2.71. The van der Waals surface area contributed by atoms with Crippen LogP contribution in [0.3, 0.4) is 0 Å². The first-order chi connectivity index (χ1) is 14.9. The molecule has 3 aromatic rings.